The number of anilines is 1. The molecule has 0 radical (unpaired) electrons. The molecule has 118 valence electrons. The summed E-state index contributed by atoms with van der Waals surface area (Å²) in [6.45, 7) is 0. The van der Waals surface area contributed by atoms with Gasteiger partial charge >= 0.3 is 12.1 Å². The van der Waals surface area contributed by atoms with Crippen LogP contribution in [0.2, 0.25) is 0 Å². The molecule has 1 atom stereocenters. The molecular weight excluding hydrogens is 320 g/mol. The maximum atomic E-state index is 12.4. The minimum Gasteiger partial charge on any atom is -0.467 e. The van der Waals surface area contributed by atoms with Gasteiger partial charge in [0.05, 0.1) is 24.8 Å². The van der Waals surface area contributed by atoms with Crippen LogP contribution < -0.4 is 4.90 Å². The number of carbonyl (C=O) groups excluding carboxylic acids is 2. The number of carbonyl (C=O) groups is 2. The van der Waals surface area contributed by atoms with Crippen molar-refractivity contribution >= 4 is 33.3 Å². The van der Waals surface area contributed by atoms with Crippen molar-refractivity contribution in [1.82, 2.24) is 0 Å². The van der Waals surface area contributed by atoms with Gasteiger partial charge in [0.1, 0.15) is 4.90 Å². The fourth-order valence-corrected chi connectivity index (χ4v) is 3.86. The van der Waals surface area contributed by atoms with Crippen molar-refractivity contribution < 1.29 is 32.4 Å². The zero-order chi connectivity index (χ0) is 16.7. The van der Waals surface area contributed by atoms with E-state index in [9.17, 15) is 28.1 Å². The van der Waals surface area contributed by atoms with E-state index < -0.39 is 42.8 Å². The molecule has 2 rings (SSSR count). The lowest BCUT2D eigenvalue weighted by atomic mass is 10.2. The first-order chi connectivity index (χ1) is 10.3. The molecule has 22 heavy (non-hydrogen) atoms. The summed E-state index contributed by atoms with van der Waals surface area (Å²) in [6, 6.07) is 2.86. The van der Waals surface area contributed by atoms with Crippen LogP contribution in [0.15, 0.2) is 23.1 Å². The van der Waals surface area contributed by atoms with E-state index in [2.05, 4.69) is 9.47 Å². The fraction of sp³-hybridized carbons (Fsp3) is 0.273. The number of ether oxygens (including phenoxy) is 2. The summed E-state index contributed by atoms with van der Waals surface area (Å²) >= 11 is 0. The minimum atomic E-state index is -4.37. The Morgan fingerprint density at radius 1 is 1.27 bits per heavy atom. The molecule has 1 aliphatic rings. The fourth-order valence-electron chi connectivity index (χ4n) is 2.05. The summed E-state index contributed by atoms with van der Waals surface area (Å²) in [5.41, 5.74) is -0.675. The number of nitro benzene ring substituents is 1. The van der Waals surface area contributed by atoms with Crippen LogP contribution in [0, 0.1) is 10.1 Å². The van der Waals surface area contributed by atoms with E-state index in [1.807, 2.05) is 0 Å². The van der Waals surface area contributed by atoms with Crippen LogP contribution in [-0.4, -0.2) is 45.0 Å². The smallest absolute Gasteiger partial charge is 0.415 e. The third kappa shape index (κ3) is 2.15. The van der Waals surface area contributed by atoms with Crippen LogP contribution in [0.5, 0.6) is 0 Å². The van der Waals surface area contributed by atoms with Crippen molar-refractivity contribution in [3.05, 3.63) is 28.3 Å². The van der Waals surface area contributed by atoms with Crippen molar-refractivity contribution in [2.75, 3.05) is 19.1 Å². The molecule has 0 unspecified atom stereocenters. The maximum Gasteiger partial charge on any atom is 0.415 e. The highest BCUT2D eigenvalue weighted by molar-refractivity contribution is 7.93. The van der Waals surface area contributed by atoms with Gasteiger partial charge in [-0.1, -0.05) is 0 Å². The van der Waals surface area contributed by atoms with Gasteiger partial charge in [-0.15, -0.1) is 0 Å². The van der Waals surface area contributed by atoms with E-state index in [0.29, 0.717) is 4.90 Å². The number of rotatable bonds is 2. The molecule has 0 aliphatic carbocycles. The van der Waals surface area contributed by atoms with Gasteiger partial charge in [-0.2, -0.15) is 0 Å². The molecule has 0 aromatic heterocycles. The molecule has 1 heterocycles. The van der Waals surface area contributed by atoms with Crippen LogP contribution in [0.4, 0.5) is 16.2 Å². The van der Waals surface area contributed by atoms with Crippen LogP contribution in [0.25, 0.3) is 0 Å². The zero-order valence-electron chi connectivity index (χ0n) is 11.4. The number of hydrogen-bond acceptors (Lipinski definition) is 8. The zero-order valence-corrected chi connectivity index (χ0v) is 12.2. The molecule has 11 heteroatoms. The second-order valence-corrected chi connectivity index (χ2v) is 6.15. The largest absolute Gasteiger partial charge is 0.467 e. The molecule has 0 bridgehead atoms. The number of amides is 1. The molecule has 0 saturated heterocycles. The van der Waals surface area contributed by atoms with Gasteiger partial charge in [0.15, 0.2) is 0 Å². The predicted molar refractivity (Wildman–Crippen MR) is 71.0 cm³/mol. The quantitative estimate of drug-likeness (QED) is 0.433. The van der Waals surface area contributed by atoms with E-state index in [1.165, 1.54) is 0 Å². The number of nitrogens with zero attached hydrogens (tertiary/aromatic N) is 2. The number of benzene rings is 1. The number of hydrogen-bond donors (Lipinski definition) is 0. The molecule has 0 spiro atoms. The first-order valence-electron chi connectivity index (χ1n) is 5.73. The Balaban J connectivity index is 2.73. The lowest BCUT2D eigenvalue weighted by Crippen LogP contribution is -2.46. The lowest BCUT2D eigenvalue weighted by Gasteiger charge is -2.20. The Bertz CT molecular complexity index is 772. The van der Waals surface area contributed by atoms with Crippen LogP contribution in [0.3, 0.4) is 0 Å². The third-order valence-electron chi connectivity index (χ3n) is 3.02. The Morgan fingerprint density at radius 2 is 1.91 bits per heavy atom. The van der Waals surface area contributed by atoms with Gasteiger partial charge < -0.3 is 9.47 Å². The molecule has 1 amide bonds. The average Bonchev–Trinajstić information content (AvgIpc) is 2.73. The number of sulfone groups is 1. The van der Waals surface area contributed by atoms with Gasteiger partial charge in [-0.25, -0.2) is 22.9 Å². The highest BCUT2D eigenvalue weighted by Gasteiger charge is 2.52. The normalized spacial score (nSPS) is 18.5. The molecular formula is C11H10N2O8S. The standard InChI is InChI=1S/C11H10N2O8S/c1-20-10(14)9-12(11(15)21-2)7-4-3-6(13(16)17)5-8(7)22(9,18)19/h3-5,9H,1-2H3/t9-/m0/s1. The summed E-state index contributed by atoms with van der Waals surface area (Å²) in [5.74, 6) is -1.20. The first-order valence-corrected chi connectivity index (χ1v) is 7.27. The predicted octanol–water partition coefficient (Wildman–Crippen LogP) is 0.454. The SMILES string of the molecule is COC(=O)[C@H]1N(C(=O)OC)c2ccc([N+](=O)[O-])cc2S1(=O)=O. The van der Waals surface area contributed by atoms with E-state index in [-0.39, 0.29) is 5.69 Å². The van der Waals surface area contributed by atoms with Crippen molar-refractivity contribution in [3.63, 3.8) is 0 Å². The van der Waals surface area contributed by atoms with Crippen molar-refractivity contribution in [2.24, 2.45) is 0 Å². The van der Waals surface area contributed by atoms with Crippen molar-refractivity contribution in [3.8, 4) is 0 Å². The monoisotopic (exact) mass is 330 g/mol. The van der Waals surface area contributed by atoms with Crippen LogP contribution >= 0.6 is 0 Å². The van der Waals surface area contributed by atoms with Gasteiger partial charge in [0.25, 0.3) is 5.69 Å². The summed E-state index contributed by atoms with van der Waals surface area (Å²) in [7, 11) is -2.41. The van der Waals surface area contributed by atoms with Crippen LogP contribution in [0.1, 0.15) is 0 Å². The van der Waals surface area contributed by atoms with E-state index in [1.54, 1.807) is 0 Å². The molecule has 0 fully saturated rings. The Morgan fingerprint density at radius 3 is 2.41 bits per heavy atom. The molecule has 0 saturated carbocycles. The summed E-state index contributed by atoms with van der Waals surface area (Å²) in [5, 5.41) is 8.78. The second-order valence-electron chi connectivity index (χ2n) is 4.17. The topological polar surface area (TPSA) is 133 Å². The van der Waals surface area contributed by atoms with E-state index in [0.717, 1.165) is 32.4 Å². The molecule has 1 aromatic carbocycles. The molecule has 0 N–H and O–H groups in total. The number of nitro groups is 1. The van der Waals surface area contributed by atoms with Crippen molar-refractivity contribution in [1.29, 1.82) is 0 Å². The minimum absolute atomic E-state index is 0.187. The Labute approximate surface area is 124 Å². The van der Waals surface area contributed by atoms with Gasteiger partial charge in [-0.3, -0.25) is 10.1 Å². The molecule has 1 aliphatic heterocycles. The van der Waals surface area contributed by atoms with Gasteiger partial charge in [0.2, 0.25) is 15.2 Å². The maximum absolute atomic E-state index is 12.4. The average molecular weight is 330 g/mol. The summed E-state index contributed by atoms with van der Waals surface area (Å²) in [4.78, 5) is 33.6. The number of fused-ring (bicyclic) bond motifs is 1. The third-order valence-corrected chi connectivity index (χ3v) is 4.95. The Hall–Kier alpha value is -2.69. The number of esters is 1. The first kappa shape index (κ1) is 15.7. The highest BCUT2D eigenvalue weighted by Crippen LogP contribution is 2.41. The van der Waals surface area contributed by atoms with E-state index in [4.69, 9.17) is 0 Å². The van der Waals surface area contributed by atoms with Crippen LogP contribution in [-0.2, 0) is 24.1 Å². The molecule has 1 aromatic rings. The van der Waals surface area contributed by atoms with E-state index >= 15 is 0 Å². The van der Waals surface area contributed by atoms with Gasteiger partial charge in [-0.05, 0) is 6.07 Å². The summed E-state index contributed by atoms with van der Waals surface area (Å²) < 4.78 is 33.7. The molecule has 10 nitrogen and oxygen atoms in total. The highest BCUT2D eigenvalue weighted by atomic mass is 32.2. The number of non-ortho nitro benzene ring substituents is 1. The van der Waals surface area contributed by atoms with Gasteiger partial charge in [0, 0.05) is 12.1 Å². The number of methoxy groups -OCH3 is 2. The van der Waals surface area contributed by atoms with Crippen molar-refractivity contribution in [2.45, 2.75) is 10.3 Å². The Kier molecular flexibility index (Phi) is 3.75. The lowest BCUT2D eigenvalue weighted by molar-refractivity contribution is -0.385. The second kappa shape index (κ2) is 5.26. The summed E-state index contributed by atoms with van der Waals surface area (Å²) in [6.07, 6.45) is -1.11.